The number of likely N-dealkylation sites (tertiary alicyclic amines) is 1. The lowest BCUT2D eigenvalue weighted by Gasteiger charge is -2.37. The van der Waals surface area contributed by atoms with Crippen molar-refractivity contribution in [2.24, 2.45) is 5.92 Å². The Bertz CT molecular complexity index is 495. The van der Waals surface area contributed by atoms with E-state index in [9.17, 15) is 0 Å². The molecule has 0 unspecified atom stereocenters. The van der Waals surface area contributed by atoms with Crippen molar-refractivity contribution in [2.45, 2.75) is 52.1 Å². The Labute approximate surface area is 152 Å². The highest BCUT2D eigenvalue weighted by molar-refractivity contribution is 6.31. The van der Waals surface area contributed by atoms with Crippen LogP contribution in [0.2, 0.25) is 5.02 Å². The Morgan fingerprint density at radius 2 is 2.12 bits per heavy atom. The SMILES string of the molecule is CCCCCN1CC[C@@H](CCOc2ccc(Cl)c(C)c2)[C@@H](OC)C1. The minimum Gasteiger partial charge on any atom is -0.494 e. The normalized spacial score (nSPS) is 21.8. The Hall–Kier alpha value is -0.770. The van der Waals surface area contributed by atoms with Crippen LogP contribution in [0.3, 0.4) is 0 Å². The average molecular weight is 354 g/mol. The molecule has 0 N–H and O–H groups in total. The van der Waals surface area contributed by atoms with Crippen molar-refractivity contribution in [3.63, 3.8) is 0 Å². The van der Waals surface area contributed by atoms with Gasteiger partial charge in [-0.15, -0.1) is 0 Å². The highest BCUT2D eigenvalue weighted by Gasteiger charge is 2.28. The Morgan fingerprint density at radius 1 is 1.29 bits per heavy atom. The van der Waals surface area contributed by atoms with E-state index in [2.05, 4.69) is 11.8 Å². The number of hydrogen-bond acceptors (Lipinski definition) is 3. The molecule has 0 saturated carbocycles. The van der Waals surface area contributed by atoms with E-state index in [1.807, 2.05) is 32.2 Å². The van der Waals surface area contributed by atoms with Gasteiger partial charge in [0, 0.05) is 18.7 Å². The van der Waals surface area contributed by atoms with Gasteiger partial charge in [0.1, 0.15) is 5.75 Å². The van der Waals surface area contributed by atoms with Crippen LogP contribution in [0, 0.1) is 12.8 Å². The van der Waals surface area contributed by atoms with Gasteiger partial charge in [-0.05, 0) is 69.0 Å². The Balaban J connectivity index is 1.74. The van der Waals surface area contributed by atoms with Crippen molar-refractivity contribution in [2.75, 3.05) is 33.4 Å². The second kappa shape index (κ2) is 10.3. The molecule has 1 fully saturated rings. The summed E-state index contributed by atoms with van der Waals surface area (Å²) in [6.45, 7) is 8.46. The summed E-state index contributed by atoms with van der Waals surface area (Å²) in [6.07, 6.45) is 6.49. The van der Waals surface area contributed by atoms with Crippen LogP contribution < -0.4 is 4.74 Å². The summed E-state index contributed by atoms with van der Waals surface area (Å²) >= 11 is 6.06. The number of methoxy groups -OCH3 is 1. The van der Waals surface area contributed by atoms with Crippen molar-refractivity contribution in [1.82, 2.24) is 4.90 Å². The molecule has 1 saturated heterocycles. The maximum atomic E-state index is 6.06. The van der Waals surface area contributed by atoms with Gasteiger partial charge in [-0.3, -0.25) is 0 Å². The molecule has 0 bridgehead atoms. The van der Waals surface area contributed by atoms with E-state index < -0.39 is 0 Å². The molecule has 1 aromatic rings. The third kappa shape index (κ3) is 5.94. The topological polar surface area (TPSA) is 21.7 Å². The number of hydrogen-bond donors (Lipinski definition) is 0. The van der Waals surface area contributed by atoms with Gasteiger partial charge in [-0.25, -0.2) is 0 Å². The fraction of sp³-hybridized carbons (Fsp3) is 0.700. The largest absolute Gasteiger partial charge is 0.494 e. The van der Waals surface area contributed by atoms with Crippen molar-refractivity contribution in [3.05, 3.63) is 28.8 Å². The minimum absolute atomic E-state index is 0.330. The van der Waals surface area contributed by atoms with Crippen LogP contribution in [0.4, 0.5) is 0 Å². The highest BCUT2D eigenvalue weighted by atomic mass is 35.5. The maximum absolute atomic E-state index is 6.06. The predicted octanol–water partition coefficient (Wildman–Crippen LogP) is 4.94. The monoisotopic (exact) mass is 353 g/mol. The number of aryl methyl sites for hydroxylation is 1. The summed E-state index contributed by atoms with van der Waals surface area (Å²) in [5, 5.41) is 0.789. The number of nitrogens with zero attached hydrogens (tertiary/aromatic N) is 1. The summed E-state index contributed by atoms with van der Waals surface area (Å²) in [5.74, 6) is 1.49. The van der Waals surface area contributed by atoms with Crippen molar-refractivity contribution >= 4 is 11.6 Å². The molecule has 0 aromatic heterocycles. The molecule has 4 heteroatoms. The third-order valence-electron chi connectivity index (χ3n) is 5.05. The van der Waals surface area contributed by atoms with Gasteiger partial charge in [0.2, 0.25) is 0 Å². The molecule has 1 heterocycles. The van der Waals surface area contributed by atoms with Crippen LogP contribution in [-0.4, -0.2) is 44.4 Å². The maximum Gasteiger partial charge on any atom is 0.119 e. The van der Waals surface area contributed by atoms with Crippen molar-refractivity contribution in [1.29, 1.82) is 0 Å². The standard InChI is InChI=1S/C20H32ClNO2/c1-4-5-6-11-22-12-9-17(20(15-22)23-3)10-13-24-18-7-8-19(21)16(2)14-18/h7-8,14,17,20H,4-6,9-13,15H2,1-3H3/t17-,20-/m0/s1. The fourth-order valence-corrected chi connectivity index (χ4v) is 3.57. The summed E-state index contributed by atoms with van der Waals surface area (Å²) in [5.41, 5.74) is 1.06. The second-order valence-corrected chi connectivity index (χ2v) is 7.29. The first-order chi connectivity index (χ1) is 11.6. The van der Waals surface area contributed by atoms with Gasteiger partial charge in [0.15, 0.2) is 0 Å². The van der Waals surface area contributed by atoms with Gasteiger partial charge in [0.25, 0.3) is 0 Å². The molecule has 2 atom stereocenters. The first-order valence-electron chi connectivity index (χ1n) is 9.28. The molecular weight excluding hydrogens is 322 g/mol. The summed E-state index contributed by atoms with van der Waals surface area (Å²) in [6, 6.07) is 5.85. The van der Waals surface area contributed by atoms with Crippen LogP contribution in [0.25, 0.3) is 0 Å². The fourth-order valence-electron chi connectivity index (χ4n) is 3.45. The van der Waals surface area contributed by atoms with Crippen LogP contribution in [0.15, 0.2) is 18.2 Å². The van der Waals surface area contributed by atoms with Crippen molar-refractivity contribution < 1.29 is 9.47 Å². The average Bonchev–Trinajstić information content (AvgIpc) is 2.59. The summed E-state index contributed by atoms with van der Waals surface area (Å²) in [7, 11) is 1.84. The number of rotatable bonds is 9. The molecule has 24 heavy (non-hydrogen) atoms. The number of benzene rings is 1. The number of ether oxygens (including phenoxy) is 2. The van der Waals surface area contributed by atoms with E-state index in [4.69, 9.17) is 21.1 Å². The third-order valence-corrected chi connectivity index (χ3v) is 5.47. The molecule has 2 rings (SSSR count). The zero-order valence-corrected chi connectivity index (χ0v) is 16.1. The molecule has 0 aliphatic carbocycles. The Morgan fingerprint density at radius 3 is 2.83 bits per heavy atom. The van der Waals surface area contributed by atoms with Gasteiger partial charge < -0.3 is 14.4 Å². The van der Waals surface area contributed by atoms with E-state index in [1.165, 1.54) is 38.8 Å². The molecule has 1 aromatic carbocycles. The molecule has 0 amide bonds. The summed E-state index contributed by atoms with van der Waals surface area (Å²) in [4.78, 5) is 2.56. The molecule has 136 valence electrons. The minimum atomic E-state index is 0.330. The van der Waals surface area contributed by atoms with E-state index in [0.29, 0.717) is 12.0 Å². The lowest BCUT2D eigenvalue weighted by atomic mass is 9.90. The van der Waals surface area contributed by atoms with Crippen LogP contribution >= 0.6 is 11.6 Å². The van der Waals surface area contributed by atoms with Gasteiger partial charge >= 0.3 is 0 Å². The smallest absolute Gasteiger partial charge is 0.119 e. The lowest BCUT2D eigenvalue weighted by Crippen LogP contribution is -2.45. The number of halogens is 1. The van der Waals surface area contributed by atoms with Gasteiger partial charge in [-0.2, -0.15) is 0 Å². The van der Waals surface area contributed by atoms with E-state index in [-0.39, 0.29) is 0 Å². The van der Waals surface area contributed by atoms with Crippen LogP contribution in [0.1, 0.15) is 44.6 Å². The number of unbranched alkanes of at least 4 members (excludes halogenated alkanes) is 2. The van der Waals surface area contributed by atoms with E-state index in [0.717, 1.165) is 35.9 Å². The molecule has 3 nitrogen and oxygen atoms in total. The van der Waals surface area contributed by atoms with Crippen LogP contribution in [-0.2, 0) is 4.74 Å². The quantitative estimate of drug-likeness (QED) is 0.586. The number of piperidine rings is 1. The predicted molar refractivity (Wildman–Crippen MR) is 101 cm³/mol. The van der Waals surface area contributed by atoms with Gasteiger partial charge in [-0.1, -0.05) is 31.4 Å². The zero-order valence-electron chi connectivity index (χ0n) is 15.4. The molecule has 1 aliphatic heterocycles. The molecule has 0 spiro atoms. The second-order valence-electron chi connectivity index (χ2n) is 6.88. The Kier molecular flexibility index (Phi) is 8.37. The summed E-state index contributed by atoms with van der Waals surface area (Å²) < 4.78 is 11.7. The van der Waals surface area contributed by atoms with E-state index in [1.54, 1.807) is 0 Å². The highest BCUT2D eigenvalue weighted by Crippen LogP contribution is 2.25. The molecule has 1 aliphatic rings. The molecular formula is C20H32ClNO2. The van der Waals surface area contributed by atoms with Crippen molar-refractivity contribution in [3.8, 4) is 5.75 Å². The zero-order chi connectivity index (χ0) is 17.4. The lowest BCUT2D eigenvalue weighted by molar-refractivity contribution is -0.0180. The van der Waals surface area contributed by atoms with Gasteiger partial charge in [0.05, 0.1) is 12.7 Å². The first kappa shape index (κ1) is 19.6. The first-order valence-corrected chi connectivity index (χ1v) is 9.66. The van der Waals surface area contributed by atoms with E-state index >= 15 is 0 Å². The van der Waals surface area contributed by atoms with Crippen LogP contribution in [0.5, 0.6) is 5.75 Å². The molecule has 0 radical (unpaired) electrons.